The first kappa shape index (κ1) is 13.8. The molecule has 0 fully saturated rings. The van der Waals surface area contributed by atoms with Gasteiger partial charge in [0.15, 0.2) is 5.78 Å². The number of carbonyl (C=O) groups excluding carboxylic acids is 1. The summed E-state index contributed by atoms with van der Waals surface area (Å²) in [6.07, 6.45) is 0.997. The first-order valence-electron chi connectivity index (χ1n) is 6.17. The van der Waals surface area contributed by atoms with Crippen LogP contribution in [0.2, 0.25) is 0 Å². The third kappa shape index (κ3) is 3.44. The summed E-state index contributed by atoms with van der Waals surface area (Å²) in [5, 5.41) is 0. The molecule has 2 aromatic rings. The molecule has 0 aliphatic carbocycles. The van der Waals surface area contributed by atoms with Crippen molar-refractivity contribution in [1.82, 2.24) is 0 Å². The van der Waals surface area contributed by atoms with Crippen LogP contribution in [-0.2, 0) is 6.42 Å². The molecule has 0 amide bonds. The minimum atomic E-state index is -0.0125. The van der Waals surface area contributed by atoms with Crippen molar-refractivity contribution in [3.05, 3.63) is 58.1 Å². The van der Waals surface area contributed by atoms with E-state index in [2.05, 4.69) is 22.9 Å². The molecule has 2 nitrogen and oxygen atoms in total. The third-order valence-corrected chi connectivity index (χ3v) is 3.37. The topological polar surface area (TPSA) is 26.3 Å². The molecule has 2 rings (SSSR count). The van der Waals surface area contributed by atoms with Crippen molar-refractivity contribution < 1.29 is 9.53 Å². The van der Waals surface area contributed by atoms with Crippen LogP contribution in [0, 0.1) is 0 Å². The molecule has 0 unspecified atom stereocenters. The minimum Gasteiger partial charge on any atom is -0.457 e. The fourth-order valence-corrected chi connectivity index (χ4v) is 2.15. The van der Waals surface area contributed by atoms with E-state index in [1.165, 1.54) is 12.5 Å². The van der Waals surface area contributed by atoms with Gasteiger partial charge in [0, 0.05) is 4.47 Å². The molecule has 0 radical (unpaired) electrons. The van der Waals surface area contributed by atoms with Crippen molar-refractivity contribution in [2.24, 2.45) is 0 Å². The van der Waals surface area contributed by atoms with Crippen molar-refractivity contribution in [1.29, 1.82) is 0 Å². The van der Waals surface area contributed by atoms with E-state index in [4.69, 9.17) is 4.74 Å². The second-order valence-corrected chi connectivity index (χ2v) is 5.21. The SMILES string of the molecule is CCc1ccc(Oc2ccc(Br)cc2C(C)=O)cc1. The summed E-state index contributed by atoms with van der Waals surface area (Å²) in [5.74, 6) is 1.31. The van der Waals surface area contributed by atoms with Gasteiger partial charge in [0.2, 0.25) is 0 Å². The molecule has 0 N–H and O–H groups in total. The number of rotatable bonds is 4. The highest BCUT2D eigenvalue weighted by Crippen LogP contribution is 2.28. The lowest BCUT2D eigenvalue weighted by Crippen LogP contribution is -1.97. The Labute approximate surface area is 121 Å². The molecule has 0 atom stereocenters. The number of aryl methyl sites for hydroxylation is 1. The molecule has 0 aliphatic heterocycles. The Morgan fingerprint density at radius 2 is 1.84 bits per heavy atom. The molecule has 0 spiro atoms. The molecule has 0 saturated carbocycles. The first-order chi connectivity index (χ1) is 9.10. The van der Waals surface area contributed by atoms with E-state index < -0.39 is 0 Å². The van der Waals surface area contributed by atoms with Crippen molar-refractivity contribution in [3.63, 3.8) is 0 Å². The van der Waals surface area contributed by atoms with Crippen LogP contribution in [0.1, 0.15) is 29.8 Å². The summed E-state index contributed by atoms with van der Waals surface area (Å²) in [7, 11) is 0. The van der Waals surface area contributed by atoms with Gasteiger partial charge in [-0.2, -0.15) is 0 Å². The Kier molecular flexibility index (Phi) is 4.38. The van der Waals surface area contributed by atoms with Crippen LogP contribution in [0.15, 0.2) is 46.9 Å². The van der Waals surface area contributed by atoms with E-state index in [1.807, 2.05) is 30.3 Å². The van der Waals surface area contributed by atoms with Crippen LogP contribution < -0.4 is 4.74 Å². The lowest BCUT2D eigenvalue weighted by Gasteiger charge is -2.10. The largest absolute Gasteiger partial charge is 0.457 e. The van der Waals surface area contributed by atoms with Crippen LogP contribution in [-0.4, -0.2) is 5.78 Å². The first-order valence-corrected chi connectivity index (χ1v) is 6.96. The number of hydrogen-bond donors (Lipinski definition) is 0. The van der Waals surface area contributed by atoms with Crippen molar-refractivity contribution in [2.45, 2.75) is 20.3 Å². The number of halogens is 1. The van der Waals surface area contributed by atoms with Gasteiger partial charge in [-0.1, -0.05) is 35.0 Å². The van der Waals surface area contributed by atoms with E-state index in [-0.39, 0.29) is 5.78 Å². The van der Waals surface area contributed by atoms with E-state index >= 15 is 0 Å². The van der Waals surface area contributed by atoms with Crippen molar-refractivity contribution in [2.75, 3.05) is 0 Å². The Hall–Kier alpha value is -1.61. The lowest BCUT2D eigenvalue weighted by molar-refractivity contribution is 0.101. The molecule has 0 heterocycles. The van der Waals surface area contributed by atoms with E-state index in [1.54, 1.807) is 12.1 Å². The predicted molar refractivity (Wildman–Crippen MR) is 80.0 cm³/mol. The number of hydrogen-bond acceptors (Lipinski definition) is 2. The molecular formula is C16H15BrO2. The summed E-state index contributed by atoms with van der Waals surface area (Å²) in [4.78, 5) is 11.6. The number of carbonyl (C=O) groups is 1. The van der Waals surface area contributed by atoms with Crippen molar-refractivity contribution >= 4 is 21.7 Å². The van der Waals surface area contributed by atoms with Crippen LogP contribution in [0.25, 0.3) is 0 Å². The lowest BCUT2D eigenvalue weighted by atomic mass is 10.1. The fraction of sp³-hybridized carbons (Fsp3) is 0.188. The second kappa shape index (κ2) is 6.02. The second-order valence-electron chi connectivity index (χ2n) is 4.30. The average Bonchev–Trinajstić information content (AvgIpc) is 2.41. The molecule has 3 heteroatoms. The summed E-state index contributed by atoms with van der Waals surface area (Å²) < 4.78 is 6.65. The Morgan fingerprint density at radius 1 is 1.16 bits per heavy atom. The summed E-state index contributed by atoms with van der Waals surface area (Å²) in [6, 6.07) is 13.3. The van der Waals surface area contributed by atoms with Crippen LogP contribution >= 0.6 is 15.9 Å². The van der Waals surface area contributed by atoms with Crippen molar-refractivity contribution in [3.8, 4) is 11.5 Å². The smallest absolute Gasteiger partial charge is 0.163 e. The predicted octanol–water partition coefficient (Wildman–Crippen LogP) is 5.01. The standard InChI is InChI=1S/C16H15BrO2/c1-3-12-4-7-14(8-5-12)19-16-9-6-13(17)10-15(16)11(2)18/h4-10H,3H2,1-2H3. The van der Waals surface area contributed by atoms with Gasteiger partial charge >= 0.3 is 0 Å². The minimum absolute atomic E-state index is 0.0125. The molecule has 0 aliphatic rings. The van der Waals surface area contributed by atoms with Gasteiger partial charge in [-0.3, -0.25) is 4.79 Å². The monoisotopic (exact) mass is 318 g/mol. The Morgan fingerprint density at radius 3 is 2.42 bits per heavy atom. The number of ketones is 1. The summed E-state index contributed by atoms with van der Waals surface area (Å²) in [6.45, 7) is 3.65. The Balaban J connectivity index is 2.29. The number of Topliss-reactive ketones (excluding diaryl/α,β-unsaturated/α-hetero) is 1. The zero-order valence-corrected chi connectivity index (χ0v) is 12.5. The van der Waals surface area contributed by atoms with E-state index in [9.17, 15) is 4.79 Å². The van der Waals surface area contributed by atoms with Crippen LogP contribution in [0.3, 0.4) is 0 Å². The zero-order chi connectivity index (χ0) is 13.8. The van der Waals surface area contributed by atoms with E-state index in [0.29, 0.717) is 11.3 Å². The van der Waals surface area contributed by atoms with Crippen LogP contribution in [0.5, 0.6) is 11.5 Å². The van der Waals surface area contributed by atoms with Gasteiger partial charge in [0.1, 0.15) is 11.5 Å². The van der Waals surface area contributed by atoms with Gasteiger partial charge < -0.3 is 4.74 Å². The summed E-state index contributed by atoms with van der Waals surface area (Å²) in [5.41, 5.74) is 1.84. The maximum absolute atomic E-state index is 11.6. The molecule has 19 heavy (non-hydrogen) atoms. The zero-order valence-electron chi connectivity index (χ0n) is 10.9. The molecule has 0 bridgehead atoms. The molecule has 0 saturated heterocycles. The molecular weight excluding hydrogens is 304 g/mol. The highest BCUT2D eigenvalue weighted by Gasteiger charge is 2.10. The maximum atomic E-state index is 11.6. The van der Waals surface area contributed by atoms with Gasteiger partial charge in [0.05, 0.1) is 5.56 Å². The average molecular weight is 319 g/mol. The highest BCUT2D eigenvalue weighted by molar-refractivity contribution is 9.10. The normalized spacial score (nSPS) is 10.3. The highest BCUT2D eigenvalue weighted by atomic mass is 79.9. The number of benzene rings is 2. The van der Waals surface area contributed by atoms with Gasteiger partial charge in [-0.15, -0.1) is 0 Å². The third-order valence-electron chi connectivity index (χ3n) is 2.88. The van der Waals surface area contributed by atoms with Gasteiger partial charge in [0.25, 0.3) is 0 Å². The van der Waals surface area contributed by atoms with Crippen LogP contribution in [0.4, 0.5) is 0 Å². The quantitative estimate of drug-likeness (QED) is 0.741. The molecule has 98 valence electrons. The van der Waals surface area contributed by atoms with E-state index in [0.717, 1.165) is 16.6 Å². The van der Waals surface area contributed by atoms with Gasteiger partial charge in [-0.05, 0) is 49.2 Å². The van der Waals surface area contributed by atoms with Gasteiger partial charge in [-0.25, -0.2) is 0 Å². The maximum Gasteiger partial charge on any atom is 0.163 e. The fourth-order valence-electron chi connectivity index (χ4n) is 1.79. The molecule has 0 aromatic heterocycles. The summed E-state index contributed by atoms with van der Waals surface area (Å²) >= 11 is 3.36. The number of ether oxygens (including phenoxy) is 1. The molecule has 2 aromatic carbocycles. The Bertz CT molecular complexity index is 588.